The van der Waals surface area contributed by atoms with Crippen LogP contribution in [0.5, 0.6) is 0 Å². The summed E-state index contributed by atoms with van der Waals surface area (Å²) in [4.78, 5) is 57.9. The van der Waals surface area contributed by atoms with Gasteiger partial charge in [0.1, 0.15) is 6.10 Å². The fraction of sp³-hybridized carbons (Fsp3) is 0.277. The molecular weight excluding hydrogens is 745 g/mol. The van der Waals surface area contributed by atoms with Crippen LogP contribution in [0.2, 0.25) is 0 Å². The van der Waals surface area contributed by atoms with Gasteiger partial charge in [0, 0.05) is 61.5 Å². The third kappa shape index (κ3) is 10.5. The Morgan fingerprint density at radius 3 is 1.81 bits per heavy atom. The molecule has 0 aromatic heterocycles. The Kier molecular flexibility index (Phi) is 13.6. The zero-order valence-corrected chi connectivity index (χ0v) is 33.0. The molecule has 0 saturated carbocycles. The molecule has 5 aromatic carbocycles. The highest BCUT2D eigenvalue weighted by molar-refractivity contribution is 6.06. The number of amides is 4. The average molecular weight is 795 g/mol. The second kappa shape index (κ2) is 19.8. The minimum Gasteiger partial charge on any atom is -0.463 e. The maximum atomic E-state index is 14.5. The number of hydrogen-bond donors (Lipinski definition) is 3. The Balaban J connectivity index is 0.995. The number of rotatable bonds is 13. The van der Waals surface area contributed by atoms with Crippen molar-refractivity contribution in [2.24, 2.45) is 0 Å². The molecule has 7 rings (SSSR count). The highest BCUT2D eigenvalue weighted by Gasteiger charge is 2.36. The molecule has 2 fully saturated rings. The Morgan fingerprint density at radius 1 is 0.644 bits per heavy atom. The molecule has 304 valence electrons. The molecule has 2 aliphatic rings. The number of likely N-dealkylation sites (tertiary alicyclic amines) is 2. The summed E-state index contributed by atoms with van der Waals surface area (Å²) in [6, 6.07) is 40.2. The van der Waals surface area contributed by atoms with Crippen molar-refractivity contribution in [3.63, 3.8) is 0 Å². The zero-order valence-electron chi connectivity index (χ0n) is 33.0. The number of nitrogens with zero attached hydrogens (tertiary/aromatic N) is 4. The van der Waals surface area contributed by atoms with Crippen molar-refractivity contribution >= 4 is 41.1 Å². The van der Waals surface area contributed by atoms with Gasteiger partial charge in [0.25, 0.3) is 5.91 Å². The third-order valence-corrected chi connectivity index (χ3v) is 10.8. The quantitative estimate of drug-likeness (QED) is 0.101. The molecule has 0 radical (unpaired) electrons. The number of para-hydroxylation sites is 2. The van der Waals surface area contributed by atoms with Gasteiger partial charge in [0.15, 0.2) is 0 Å². The largest absolute Gasteiger partial charge is 0.463 e. The van der Waals surface area contributed by atoms with E-state index < -0.39 is 18.3 Å². The summed E-state index contributed by atoms with van der Waals surface area (Å²) < 4.78 is 6.18. The first-order valence-electron chi connectivity index (χ1n) is 20.3. The number of hydrogen-bond acceptors (Lipinski definition) is 7. The zero-order chi connectivity index (χ0) is 41.0. The summed E-state index contributed by atoms with van der Waals surface area (Å²) in [5, 5.41) is 18.9. The van der Waals surface area contributed by atoms with Crippen LogP contribution in [0, 0.1) is 0 Å². The van der Waals surface area contributed by atoms with Gasteiger partial charge in [-0.15, -0.1) is 0 Å². The van der Waals surface area contributed by atoms with Crippen LogP contribution in [0.25, 0.3) is 22.3 Å². The van der Waals surface area contributed by atoms with Crippen LogP contribution in [-0.4, -0.2) is 90.8 Å². The van der Waals surface area contributed by atoms with Gasteiger partial charge in [-0.3, -0.25) is 9.59 Å². The van der Waals surface area contributed by atoms with Gasteiger partial charge < -0.3 is 30.3 Å². The van der Waals surface area contributed by atoms with Crippen LogP contribution < -0.4 is 20.7 Å². The van der Waals surface area contributed by atoms with Crippen LogP contribution in [0.4, 0.5) is 26.7 Å². The molecule has 12 nitrogen and oxygen atoms in total. The van der Waals surface area contributed by atoms with E-state index in [-0.39, 0.29) is 11.8 Å². The highest BCUT2D eigenvalue weighted by atomic mass is 16.6. The number of piperidine rings is 1. The van der Waals surface area contributed by atoms with E-state index in [1.807, 2.05) is 84.9 Å². The van der Waals surface area contributed by atoms with Crippen LogP contribution in [-0.2, 0) is 9.53 Å². The summed E-state index contributed by atoms with van der Waals surface area (Å²) in [5.74, 6) is -0.296. The third-order valence-electron chi connectivity index (χ3n) is 10.8. The van der Waals surface area contributed by atoms with E-state index >= 15 is 0 Å². The summed E-state index contributed by atoms with van der Waals surface area (Å²) >= 11 is 0. The summed E-state index contributed by atoms with van der Waals surface area (Å²) in [6.07, 6.45) is 1.20. The van der Waals surface area contributed by atoms with Crippen molar-refractivity contribution in [2.45, 2.75) is 38.2 Å². The predicted octanol–water partition coefficient (Wildman–Crippen LogP) is 8.38. The Hall–Kier alpha value is -6.50. The minimum absolute atomic E-state index is 0.0687. The lowest BCUT2D eigenvalue weighted by atomic mass is 10.0. The van der Waals surface area contributed by atoms with E-state index in [0.29, 0.717) is 79.2 Å². The normalized spacial score (nSPS) is 14.6. The van der Waals surface area contributed by atoms with Crippen molar-refractivity contribution in [1.82, 2.24) is 15.1 Å². The first-order chi connectivity index (χ1) is 28.8. The molecule has 2 aliphatic heterocycles. The lowest BCUT2D eigenvalue weighted by Crippen LogP contribution is -2.52. The number of anilines is 3. The molecule has 0 spiro atoms. The molecule has 5 aromatic rings. The van der Waals surface area contributed by atoms with E-state index in [4.69, 9.17) is 4.74 Å². The number of nitrogens with one attached hydrogen (secondary N) is 2. The Labute approximate surface area is 345 Å². The number of hydrazine groups is 1. The number of carbonyl (C=O) groups excluding carboxylic acids is 3. The summed E-state index contributed by atoms with van der Waals surface area (Å²) in [7, 11) is 0. The topological polar surface area (TPSA) is 135 Å². The van der Waals surface area contributed by atoms with Crippen molar-refractivity contribution in [3.05, 3.63) is 139 Å². The van der Waals surface area contributed by atoms with Gasteiger partial charge in [-0.2, -0.15) is 10.0 Å². The van der Waals surface area contributed by atoms with Gasteiger partial charge in [-0.25, -0.2) is 9.59 Å². The first kappa shape index (κ1) is 40.7. The fourth-order valence-corrected chi connectivity index (χ4v) is 7.72. The molecule has 0 unspecified atom stereocenters. The van der Waals surface area contributed by atoms with Crippen LogP contribution >= 0.6 is 0 Å². The molecular formula is C47H50N6O6. The van der Waals surface area contributed by atoms with Gasteiger partial charge in [-0.1, -0.05) is 103 Å². The van der Waals surface area contributed by atoms with Crippen LogP contribution in [0.3, 0.4) is 0 Å². The summed E-state index contributed by atoms with van der Waals surface area (Å²) in [5.41, 5.74) is 4.61. The fourth-order valence-electron chi connectivity index (χ4n) is 7.72. The molecule has 59 heavy (non-hydrogen) atoms. The van der Waals surface area contributed by atoms with Crippen molar-refractivity contribution in [1.29, 1.82) is 0 Å². The van der Waals surface area contributed by atoms with E-state index in [0.717, 1.165) is 40.8 Å². The smallest absolute Gasteiger partial charge is 0.434 e. The van der Waals surface area contributed by atoms with E-state index in [1.54, 1.807) is 48.5 Å². The maximum absolute atomic E-state index is 14.5. The number of benzene rings is 5. The monoisotopic (exact) mass is 794 g/mol. The van der Waals surface area contributed by atoms with Gasteiger partial charge in [-0.05, 0) is 80.2 Å². The van der Waals surface area contributed by atoms with E-state index in [2.05, 4.69) is 20.4 Å². The molecule has 0 aliphatic carbocycles. The number of carboxylic acid groups (broad SMARTS) is 1. The second-order valence-electron chi connectivity index (χ2n) is 14.8. The van der Waals surface area contributed by atoms with Gasteiger partial charge in [0.2, 0.25) is 5.91 Å². The standard InChI is InChI=1S/C47H50N6O6/c54-44(26-32-50-28-11-12-29-50)49-38-19-13-18-37(34-38)45(55)48-27-33-51-30-24-39(25-31-51)59-47(58)53(43-23-10-8-21-41(43)36-16-5-2-6-17-36)52(46(56)57)42-22-9-7-20-40(42)35-14-3-1-4-15-35/h1-10,13-23,34,39H,11-12,24-33H2,(H,48,55)(H,49,54)(H,56,57). The average Bonchev–Trinajstić information content (AvgIpc) is 3.80. The molecule has 3 N–H and O–H groups in total. The van der Waals surface area contributed by atoms with Gasteiger partial charge in [0.05, 0.1) is 11.4 Å². The van der Waals surface area contributed by atoms with Crippen LogP contribution in [0.1, 0.15) is 42.5 Å². The maximum Gasteiger partial charge on any atom is 0.434 e. The molecule has 2 saturated heterocycles. The van der Waals surface area contributed by atoms with E-state index in [9.17, 15) is 24.3 Å². The lowest BCUT2D eigenvalue weighted by Gasteiger charge is -2.36. The molecule has 12 heteroatoms. The van der Waals surface area contributed by atoms with Crippen LogP contribution in [0.15, 0.2) is 133 Å². The predicted molar refractivity (Wildman–Crippen MR) is 230 cm³/mol. The Morgan fingerprint density at radius 2 is 1.20 bits per heavy atom. The molecule has 0 bridgehead atoms. The lowest BCUT2D eigenvalue weighted by molar-refractivity contribution is -0.116. The number of ether oxygens (including phenoxy) is 1. The second-order valence-corrected chi connectivity index (χ2v) is 14.8. The first-order valence-corrected chi connectivity index (χ1v) is 20.3. The highest BCUT2D eigenvalue weighted by Crippen LogP contribution is 2.38. The number of carbonyl (C=O) groups is 4. The van der Waals surface area contributed by atoms with E-state index in [1.165, 1.54) is 12.8 Å². The summed E-state index contributed by atoms with van der Waals surface area (Å²) in [6.45, 7) is 5.06. The van der Waals surface area contributed by atoms with Crippen molar-refractivity contribution in [2.75, 3.05) is 61.1 Å². The molecule has 2 heterocycles. The van der Waals surface area contributed by atoms with Crippen molar-refractivity contribution < 1.29 is 29.0 Å². The van der Waals surface area contributed by atoms with Crippen molar-refractivity contribution in [3.8, 4) is 22.3 Å². The Bertz CT molecular complexity index is 2210. The molecule has 4 amide bonds. The minimum atomic E-state index is -1.35. The molecule has 0 atom stereocenters. The SMILES string of the molecule is O=C(CCN1CCCC1)Nc1cccc(C(=O)NCCN2CCC(OC(=O)N(c3ccccc3-c3ccccc3)N(C(=O)O)c3ccccc3-c3ccccc3)CC2)c1. The van der Waals surface area contributed by atoms with Gasteiger partial charge >= 0.3 is 12.2 Å².